The summed E-state index contributed by atoms with van der Waals surface area (Å²) in [6.07, 6.45) is -4.81. The predicted molar refractivity (Wildman–Crippen MR) is 94.0 cm³/mol. The summed E-state index contributed by atoms with van der Waals surface area (Å²) in [5, 5.41) is 2.98. The third-order valence-electron chi connectivity index (χ3n) is 4.08. The largest absolute Gasteiger partial charge is 0.573 e. The molecule has 0 spiro atoms. The fourth-order valence-corrected chi connectivity index (χ4v) is 4.83. The van der Waals surface area contributed by atoms with Gasteiger partial charge in [0.15, 0.2) is 0 Å². The highest BCUT2D eigenvalue weighted by Gasteiger charge is 2.32. The Bertz CT molecular complexity index is 874. The van der Waals surface area contributed by atoms with Crippen molar-refractivity contribution in [2.75, 3.05) is 26.2 Å². The second-order valence-corrected chi connectivity index (χ2v) is 9.06. The van der Waals surface area contributed by atoms with E-state index in [4.69, 9.17) is 0 Å². The van der Waals surface area contributed by atoms with Crippen LogP contribution in [0.5, 0.6) is 5.75 Å². The van der Waals surface area contributed by atoms with E-state index < -0.39 is 22.1 Å². The molecule has 1 saturated heterocycles. The molecule has 148 valence electrons. The lowest BCUT2D eigenvalue weighted by molar-refractivity contribution is -0.274. The number of aryl methyl sites for hydroxylation is 1. The van der Waals surface area contributed by atoms with E-state index in [2.05, 4.69) is 14.6 Å². The van der Waals surface area contributed by atoms with Gasteiger partial charge in [0.2, 0.25) is 10.0 Å². The summed E-state index contributed by atoms with van der Waals surface area (Å²) < 4.78 is 67.1. The van der Waals surface area contributed by atoms with E-state index in [9.17, 15) is 21.6 Å². The molecule has 3 rings (SSSR count). The first-order valence-electron chi connectivity index (χ1n) is 8.13. The van der Waals surface area contributed by atoms with Gasteiger partial charge >= 0.3 is 6.36 Å². The first kappa shape index (κ1) is 20.1. The normalized spacial score (nSPS) is 17.2. The highest BCUT2D eigenvalue weighted by Crippen LogP contribution is 2.25. The number of hydrogen-bond donors (Lipinski definition) is 0. The lowest BCUT2D eigenvalue weighted by Gasteiger charge is -2.33. The number of benzene rings is 1. The van der Waals surface area contributed by atoms with Crippen LogP contribution in [0, 0.1) is 6.92 Å². The van der Waals surface area contributed by atoms with Gasteiger partial charge in [-0.1, -0.05) is 0 Å². The van der Waals surface area contributed by atoms with Gasteiger partial charge in [-0.05, 0) is 31.2 Å². The molecular formula is C16H18F3N3O3S2. The molecule has 0 unspecified atom stereocenters. The Hall–Kier alpha value is -1.69. The zero-order chi connectivity index (χ0) is 19.7. The Morgan fingerprint density at radius 1 is 1.15 bits per heavy atom. The SMILES string of the molecule is Cc1nc(CN2CCN(S(=O)(=O)c3ccc(OC(F)(F)F)cc3)CC2)cs1. The van der Waals surface area contributed by atoms with Crippen molar-refractivity contribution in [1.29, 1.82) is 0 Å². The first-order valence-corrected chi connectivity index (χ1v) is 10.4. The molecule has 1 aromatic carbocycles. The Labute approximate surface area is 159 Å². The van der Waals surface area contributed by atoms with E-state index in [0.29, 0.717) is 32.7 Å². The van der Waals surface area contributed by atoms with Crippen molar-refractivity contribution in [3.8, 4) is 5.75 Å². The van der Waals surface area contributed by atoms with Gasteiger partial charge in [0.05, 0.1) is 15.6 Å². The highest BCUT2D eigenvalue weighted by atomic mass is 32.2. The number of halogens is 3. The molecule has 0 atom stereocenters. The highest BCUT2D eigenvalue weighted by molar-refractivity contribution is 7.89. The van der Waals surface area contributed by atoms with Crippen molar-refractivity contribution in [2.45, 2.75) is 24.7 Å². The van der Waals surface area contributed by atoms with Crippen LogP contribution in [-0.2, 0) is 16.6 Å². The van der Waals surface area contributed by atoms with E-state index in [1.54, 1.807) is 11.3 Å². The molecule has 0 bridgehead atoms. The zero-order valence-corrected chi connectivity index (χ0v) is 16.1. The van der Waals surface area contributed by atoms with Crippen molar-refractivity contribution in [1.82, 2.24) is 14.2 Å². The van der Waals surface area contributed by atoms with E-state index in [0.717, 1.165) is 35.0 Å². The van der Waals surface area contributed by atoms with Gasteiger partial charge < -0.3 is 4.74 Å². The smallest absolute Gasteiger partial charge is 0.406 e. The number of alkyl halides is 3. The quantitative estimate of drug-likeness (QED) is 0.743. The molecule has 2 aromatic rings. The van der Waals surface area contributed by atoms with Crippen molar-refractivity contribution < 1.29 is 26.3 Å². The van der Waals surface area contributed by atoms with Crippen LogP contribution in [0.15, 0.2) is 34.5 Å². The fourth-order valence-electron chi connectivity index (χ4n) is 2.80. The van der Waals surface area contributed by atoms with E-state index >= 15 is 0 Å². The number of piperazine rings is 1. The molecule has 11 heteroatoms. The minimum absolute atomic E-state index is 0.0550. The van der Waals surface area contributed by atoms with Gasteiger partial charge in [-0.3, -0.25) is 4.90 Å². The van der Waals surface area contributed by atoms with E-state index in [-0.39, 0.29) is 4.90 Å². The van der Waals surface area contributed by atoms with Crippen LogP contribution in [-0.4, -0.2) is 55.1 Å². The fraction of sp³-hybridized carbons (Fsp3) is 0.438. The van der Waals surface area contributed by atoms with E-state index in [1.165, 1.54) is 4.31 Å². The van der Waals surface area contributed by atoms with Gasteiger partial charge in [-0.2, -0.15) is 4.31 Å². The summed E-state index contributed by atoms with van der Waals surface area (Å²) in [6, 6.07) is 4.25. The summed E-state index contributed by atoms with van der Waals surface area (Å²) in [5.74, 6) is -0.454. The maximum absolute atomic E-state index is 12.7. The third-order valence-corrected chi connectivity index (χ3v) is 6.81. The van der Waals surface area contributed by atoms with Crippen LogP contribution in [0.25, 0.3) is 0 Å². The molecule has 0 N–H and O–H groups in total. The molecule has 6 nitrogen and oxygen atoms in total. The number of aromatic nitrogens is 1. The summed E-state index contributed by atoms with van der Waals surface area (Å²) >= 11 is 1.57. The molecule has 1 aliphatic heterocycles. The number of nitrogens with zero attached hydrogens (tertiary/aromatic N) is 3. The monoisotopic (exact) mass is 421 g/mol. The van der Waals surface area contributed by atoms with Gasteiger partial charge in [0.1, 0.15) is 5.75 Å². The number of ether oxygens (including phenoxy) is 1. The standard InChI is InChI=1S/C16H18F3N3O3S2/c1-12-20-13(11-26-12)10-21-6-8-22(9-7-21)27(23,24)15-4-2-14(3-5-15)25-16(17,18)19/h2-5,11H,6-10H2,1H3. The Kier molecular flexibility index (Phi) is 5.75. The average molecular weight is 421 g/mol. The molecule has 27 heavy (non-hydrogen) atoms. The first-order chi connectivity index (χ1) is 12.6. The minimum atomic E-state index is -4.81. The molecule has 0 amide bonds. The number of hydrogen-bond acceptors (Lipinski definition) is 6. The van der Waals surface area contributed by atoms with Crippen molar-refractivity contribution in [3.63, 3.8) is 0 Å². The number of rotatable bonds is 5. The van der Waals surface area contributed by atoms with Gasteiger partial charge in [-0.25, -0.2) is 13.4 Å². The molecule has 1 aliphatic rings. The minimum Gasteiger partial charge on any atom is -0.406 e. The van der Waals surface area contributed by atoms with Gasteiger partial charge in [0, 0.05) is 38.1 Å². The predicted octanol–water partition coefficient (Wildman–Crippen LogP) is 2.86. The van der Waals surface area contributed by atoms with Crippen LogP contribution < -0.4 is 4.74 Å². The second kappa shape index (κ2) is 7.74. The van der Waals surface area contributed by atoms with Crippen LogP contribution in [0.2, 0.25) is 0 Å². The maximum Gasteiger partial charge on any atom is 0.573 e. The van der Waals surface area contributed by atoms with Crippen LogP contribution >= 0.6 is 11.3 Å². The summed E-state index contributed by atoms with van der Waals surface area (Å²) in [7, 11) is -3.76. The van der Waals surface area contributed by atoms with Crippen LogP contribution in [0.4, 0.5) is 13.2 Å². The van der Waals surface area contributed by atoms with Crippen LogP contribution in [0.1, 0.15) is 10.7 Å². The zero-order valence-electron chi connectivity index (χ0n) is 14.4. The topological polar surface area (TPSA) is 62.7 Å². The number of sulfonamides is 1. The average Bonchev–Trinajstić information content (AvgIpc) is 2.99. The van der Waals surface area contributed by atoms with Gasteiger partial charge in [-0.15, -0.1) is 24.5 Å². The third kappa shape index (κ3) is 5.18. The second-order valence-electron chi connectivity index (χ2n) is 6.06. The maximum atomic E-state index is 12.7. The lowest BCUT2D eigenvalue weighted by Crippen LogP contribution is -2.48. The summed E-state index contributed by atoms with van der Waals surface area (Å²) in [6.45, 7) is 4.35. The van der Waals surface area contributed by atoms with Crippen molar-refractivity contribution in [2.24, 2.45) is 0 Å². The van der Waals surface area contributed by atoms with Crippen molar-refractivity contribution >= 4 is 21.4 Å². The van der Waals surface area contributed by atoms with E-state index in [1.807, 2.05) is 12.3 Å². The molecule has 0 aliphatic carbocycles. The van der Waals surface area contributed by atoms with Gasteiger partial charge in [0.25, 0.3) is 0 Å². The Morgan fingerprint density at radius 3 is 2.30 bits per heavy atom. The summed E-state index contributed by atoms with van der Waals surface area (Å²) in [5.41, 5.74) is 0.967. The lowest BCUT2D eigenvalue weighted by atomic mass is 10.3. The Morgan fingerprint density at radius 2 is 1.78 bits per heavy atom. The molecule has 0 saturated carbocycles. The molecule has 0 radical (unpaired) electrons. The molecule has 2 heterocycles. The molecule has 1 fully saturated rings. The summed E-state index contributed by atoms with van der Waals surface area (Å²) in [4.78, 5) is 6.48. The molecule has 1 aromatic heterocycles. The number of thiazole rings is 1. The molecular weight excluding hydrogens is 403 g/mol. The van der Waals surface area contributed by atoms with Crippen LogP contribution in [0.3, 0.4) is 0 Å². The van der Waals surface area contributed by atoms with Crippen molar-refractivity contribution in [3.05, 3.63) is 40.3 Å². The Balaban J connectivity index is 1.61.